The van der Waals surface area contributed by atoms with Crippen molar-refractivity contribution in [1.82, 2.24) is 9.62 Å². The molecular weight excluding hydrogens is 244 g/mol. The SMILES string of the molecule is CS(=O)(=O)N1CCCC(C(=O)NC2COC2)C1. The van der Waals surface area contributed by atoms with Gasteiger partial charge >= 0.3 is 0 Å². The Morgan fingerprint density at radius 3 is 2.65 bits per heavy atom. The molecule has 1 amide bonds. The molecule has 1 unspecified atom stereocenters. The standard InChI is InChI=1S/C10H18N2O4S/c1-17(14,15)12-4-2-3-8(5-12)10(13)11-9-6-16-7-9/h8-9H,2-7H2,1H3,(H,11,13). The summed E-state index contributed by atoms with van der Waals surface area (Å²) < 4.78 is 29.2. The van der Waals surface area contributed by atoms with E-state index < -0.39 is 10.0 Å². The second-order valence-corrected chi connectivity index (χ2v) is 6.69. The molecule has 0 aromatic rings. The molecule has 1 atom stereocenters. The van der Waals surface area contributed by atoms with Gasteiger partial charge in [0.1, 0.15) is 0 Å². The molecular formula is C10H18N2O4S. The van der Waals surface area contributed by atoms with Crippen LogP contribution in [0.15, 0.2) is 0 Å². The first-order valence-corrected chi connectivity index (χ1v) is 7.65. The highest BCUT2D eigenvalue weighted by Crippen LogP contribution is 2.19. The van der Waals surface area contributed by atoms with Crippen molar-refractivity contribution in [3.63, 3.8) is 0 Å². The summed E-state index contributed by atoms with van der Waals surface area (Å²) in [5, 5.41) is 2.87. The third-order valence-electron chi connectivity index (χ3n) is 3.21. The summed E-state index contributed by atoms with van der Waals surface area (Å²) in [5.41, 5.74) is 0. The Balaban J connectivity index is 1.90. The molecule has 0 spiro atoms. The van der Waals surface area contributed by atoms with Gasteiger partial charge < -0.3 is 10.1 Å². The summed E-state index contributed by atoms with van der Waals surface area (Å²) in [6.07, 6.45) is 2.69. The minimum Gasteiger partial charge on any atom is -0.377 e. The van der Waals surface area contributed by atoms with Crippen LogP contribution in [0.1, 0.15) is 12.8 Å². The summed E-state index contributed by atoms with van der Waals surface area (Å²) >= 11 is 0. The number of sulfonamides is 1. The lowest BCUT2D eigenvalue weighted by Gasteiger charge is -2.33. The second kappa shape index (κ2) is 4.91. The molecule has 2 aliphatic rings. The summed E-state index contributed by atoms with van der Waals surface area (Å²) in [7, 11) is -3.18. The Morgan fingerprint density at radius 2 is 2.12 bits per heavy atom. The maximum absolute atomic E-state index is 11.9. The van der Waals surface area contributed by atoms with Crippen LogP contribution in [0.25, 0.3) is 0 Å². The molecule has 0 aromatic heterocycles. The van der Waals surface area contributed by atoms with Gasteiger partial charge in [0.05, 0.1) is 31.4 Å². The fraction of sp³-hybridized carbons (Fsp3) is 0.900. The minimum atomic E-state index is -3.18. The Morgan fingerprint density at radius 1 is 1.41 bits per heavy atom. The van der Waals surface area contributed by atoms with Crippen LogP contribution in [0.4, 0.5) is 0 Å². The molecule has 2 rings (SSSR count). The number of ether oxygens (including phenoxy) is 1. The highest BCUT2D eigenvalue weighted by Gasteiger charge is 2.32. The van der Waals surface area contributed by atoms with Crippen LogP contribution in [0.5, 0.6) is 0 Å². The van der Waals surface area contributed by atoms with Crippen molar-refractivity contribution in [1.29, 1.82) is 0 Å². The molecule has 0 bridgehead atoms. The van der Waals surface area contributed by atoms with Crippen molar-refractivity contribution in [2.45, 2.75) is 18.9 Å². The number of hydrogen-bond acceptors (Lipinski definition) is 4. The molecule has 1 N–H and O–H groups in total. The van der Waals surface area contributed by atoms with Gasteiger partial charge in [-0.1, -0.05) is 0 Å². The highest BCUT2D eigenvalue weighted by atomic mass is 32.2. The minimum absolute atomic E-state index is 0.0494. The molecule has 2 aliphatic heterocycles. The zero-order valence-corrected chi connectivity index (χ0v) is 10.7. The number of hydrogen-bond donors (Lipinski definition) is 1. The van der Waals surface area contributed by atoms with Gasteiger partial charge in [0.2, 0.25) is 15.9 Å². The Kier molecular flexibility index (Phi) is 3.70. The van der Waals surface area contributed by atoms with Gasteiger partial charge in [-0.3, -0.25) is 4.79 Å². The van der Waals surface area contributed by atoms with Gasteiger partial charge in [0, 0.05) is 13.1 Å². The number of amides is 1. The van der Waals surface area contributed by atoms with Crippen LogP contribution in [-0.4, -0.2) is 57.2 Å². The predicted molar refractivity (Wildman–Crippen MR) is 61.9 cm³/mol. The monoisotopic (exact) mass is 262 g/mol. The molecule has 2 heterocycles. The van der Waals surface area contributed by atoms with Crippen LogP contribution in [0.3, 0.4) is 0 Å². The van der Waals surface area contributed by atoms with E-state index in [2.05, 4.69) is 5.32 Å². The van der Waals surface area contributed by atoms with Crippen molar-refractivity contribution in [3.8, 4) is 0 Å². The van der Waals surface area contributed by atoms with E-state index in [0.29, 0.717) is 26.3 Å². The summed E-state index contributed by atoms with van der Waals surface area (Å²) in [5.74, 6) is -0.272. The largest absolute Gasteiger partial charge is 0.377 e. The van der Waals surface area contributed by atoms with Crippen LogP contribution in [0.2, 0.25) is 0 Å². The number of rotatable bonds is 3. The van der Waals surface area contributed by atoms with Crippen LogP contribution < -0.4 is 5.32 Å². The van der Waals surface area contributed by atoms with Gasteiger partial charge in [-0.15, -0.1) is 0 Å². The van der Waals surface area contributed by atoms with Crippen molar-refractivity contribution < 1.29 is 17.9 Å². The van der Waals surface area contributed by atoms with Gasteiger partial charge in [-0.2, -0.15) is 0 Å². The smallest absolute Gasteiger partial charge is 0.224 e. The van der Waals surface area contributed by atoms with E-state index in [1.807, 2.05) is 0 Å². The Bertz CT molecular complexity index is 391. The van der Waals surface area contributed by atoms with E-state index in [0.717, 1.165) is 12.8 Å². The van der Waals surface area contributed by atoms with Crippen LogP contribution in [-0.2, 0) is 19.6 Å². The van der Waals surface area contributed by atoms with Crippen LogP contribution in [0, 0.1) is 5.92 Å². The lowest BCUT2D eigenvalue weighted by atomic mass is 9.98. The molecule has 17 heavy (non-hydrogen) atoms. The first kappa shape index (κ1) is 12.8. The normalized spacial score (nSPS) is 27.5. The van der Waals surface area contributed by atoms with Crippen molar-refractivity contribution in [3.05, 3.63) is 0 Å². The lowest BCUT2D eigenvalue weighted by molar-refractivity contribution is -0.130. The Labute approximate surface area is 101 Å². The van der Waals surface area contributed by atoms with Crippen molar-refractivity contribution in [2.24, 2.45) is 5.92 Å². The van der Waals surface area contributed by atoms with Gasteiger partial charge in [-0.05, 0) is 12.8 Å². The molecule has 7 heteroatoms. The molecule has 2 saturated heterocycles. The predicted octanol–water partition coefficient (Wildman–Crippen LogP) is -0.827. The van der Waals surface area contributed by atoms with E-state index in [-0.39, 0.29) is 17.9 Å². The number of carbonyl (C=O) groups excluding carboxylic acids is 1. The molecule has 0 aromatic carbocycles. The number of nitrogens with one attached hydrogen (secondary N) is 1. The molecule has 98 valence electrons. The fourth-order valence-electron chi connectivity index (χ4n) is 2.10. The Hall–Kier alpha value is -0.660. The zero-order valence-electron chi connectivity index (χ0n) is 9.89. The molecule has 0 saturated carbocycles. The van der Waals surface area contributed by atoms with Crippen LogP contribution >= 0.6 is 0 Å². The topological polar surface area (TPSA) is 75.7 Å². The van der Waals surface area contributed by atoms with Gasteiger partial charge in [0.15, 0.2) is 0 Å². The summed E-state index contributed by atoms with van der Waals surface area (Å²) in [6, 6.07) is 0.108. The molecule has 2 fully saturated rings. The van der Waals surface area contributed by atoms with E-state index in [1.165, 1.54) is 10.6 Å². The van der Waals surface area contributed by atoms with Gasteiger partial charge in [-0.25, -0.2) is 12.7 Å². The zero-order chi connectivity index (χ0) is 12.5. The van der Waals surface area contributed by atoms with E-state index >= 15 is 0 Å². The average molecular weight is 262 g/mol. The third-order valence-corrected chi connectivity index (χ3v) is 4.48. The number of piperidine rings is 1. The highest BCUT2D eigenvalue weighted by molar-refractivity contribution is 7.88. The fourth-order valence-corrected chi connectivity index (χ4v) is 3.01. The second-order valence-electron chi connectivity index (χ2n) is 4.70. The summed E-state index contributed by atoms with van der Waals surface area (Å²) in [6.45, 7) is 1.95. The lowest BCUT2D eigenvalue weighted by Crippen LogP contribution is -2.53. The third kappa shape index (κ3) is 3.17. The summed E-state index contributed by atoms with van der Waals surface area (Å²) in [4.78, 5) is 11.9. The first-order valence-electron chi connectivity index (χ1n) is 5.80. The number of carbonyl (C=O) groups is 1. The molecule has 0 aliphatic carbocycles. The average Bonchev–Trinajstić information content (AvgIpc) is 2.22. The maximum atomic E-state index is 11.9. The first-order chi connectivity index (χ1) is 7.97. The van der Waals surface area contributed by atoms with Gasteiger partial charge in [0.25, 0.3) is 0 Å². The van der Waals surface area contributed by atoms with E-state index in [9.17, 15) is 13.2 Å². The maximum Gasteiger partial charge on any atom is 0.224 e. The molecule has 0 radical (unpaired) electrons. The number of nitrogens with zero attached hydrogens (tertiary/aromatic N) is 1. The van der Waals surface area contributed by atoms with E-state index in [1.54, 1.807) is 0 Å². The van der Waals surface area contributed by atoms with E-state index in [4.69, 9.17) is 4.74 Å². The molecule has 6 nitrogen and oxygen atoms in total. The van der Waals surface area contributed by atoms with Crippen molar-refractivity contribution >= 4 is 15.9 Å². The quantitative estimate of drug-likeness (QED) is 0.720. The van der Waals surface area contributed by atoms with Crippen molar-refractivity contribution in [2.75, 3.05) is 32.6 Å².